The summed E-state index contributed by atoms with van der Waals surface area (Å²) in [6.45, 7) is 7.84. The van der Waals surface area contributed by atoms with Crippen LogP contribution in [0, 0.1) is 6.92 Å². The molecular formula is C16H22N4O. The van der Waals surface area contributed by atoms with Crippen LogP contribution in [0.4, 0.5) is 5.82 Å². The molecular weight excluding hydrogens is 264 g/mol. The zero-order valence-corrected chi connectivity index (χ0v) is 12.5. The van der Waals surface area contributed by atoms with Crippen molar-refractivity contribution in [2.75, 3.05) is 44.7 Å². The molecule has 0 bridgehead atoms. The number of hydrogen-bond donors (Lipinski definition) is 1. The van der Waals surface area contributed by atoms with E-state index in [-0.39, 0.29) is 0 Å². The molecule has 2 aromatic rings. The van der Waals surface area contributed by atoms with E-state index in [1.807, 2.05) is 19.1 Å². The monoisotopic (exact) mass is 286 g/mol. The number of nitrogens with zero attached hydrogens (tertiary/aromatic N) is 3. The summed E-state index contributed by atoms with van der Waals surface area (Å²) in [6.07, 6.45) is 1.10. The molecule has 2 heterocycles. The van der Waals surface area contributed by atoms with Crippen LogP contribution in [0.25, 0.3) is 10.8 Å². The van der Waals surface area contributed by atoms with Crippen molar-refractivity contribution >= 4 is 16.6 Å². The quantitative estimate of drug-likeness (QED) is 0.853. The third-order valence-corrected chi connectivity index (χ3v) is 3.92. The van der Waals surface area contributed by atoms with Gasteiger partial charge in [-0.3, -0.25) is 4.90 Å². The van der Waals surface area contributed by atoms with Crippen molar-refractivity contribution in [2.24, 2.45) is 0 Å². The predicted molar refractivity (Wildman–Crippen MR) is 84.6 cm³/mol. The fourth-order valence-corrected chi connectivity index (χ4v) is 2.70. The molecule has 0 radical (unpaired) electrons. The Hall–Kier alpha value is -1.72. The topological polar surface area (TPSA) is 50.3 Å². The van der Waals surface area contributed by atoms with Crippen LogP contribution >= 0.6 is 0 Å². The molecule has 1 aromatic heterocycles. The second-order valence-electron chi connectivity index (χ2n) is 5.41. The summed E-state index contributed by atoms with van der Waals surface area (Å²) in [5.41, 5.74) is 0.976. The first-order chi connectivity index (χ1) is 10.3. The van der Waals surface area contributed by atoms with Gasteiger partial charge in [0.2, 0.25) is 0 Å². The highest BCUT2D eigenvalue weighted by Gasteiger charge is 2.10. The third-order valence-electron chi connectivity index (χ3n) is 3.92. The van der Waals surface area contributed by atoms with E-state index >= 15 is 0 Å². The van der Waals surface area contributed by atoms with Crippen LogP contribution < -0.4 is 5.32 Å². The smallest absolute Gasteiger partial charge is 0.156 e. The number of hydrogen-bond acceptors (Lipinski definition) is 5. The number of aromatic nitrogens is 2. The largest absolute Gasteiger partial charge is 0.379 e. The number of anilines is 1. The maximum Gasteiger partial charge on any atom is 0.156 e. The number of rotatable bonds is 5. The normalized spacial score (nSPS) is 16.2. The molecule has 0 spiro atoms. The minimum Gasteiger partial charge on any atom is -0.379 e. The molecule has 1 aliphatic heterocycles. The lowest BCUT2D eigenvalue weighted by Gasteiger charge is -2.26. The Labute approximate surface area is 125 Å². The molecule has 1 N–H and O–H groups in total. The van der Waals surface area contributed by atoms with Gasteiger partial charge in [0.1, 0.15) is 0 Å². The molecule has 5 heteroatoms. The second-order valence-corrected chi connectivity index (χ2v) is 5.41. The highest BCUT2D eigenvalue weighted by atomic mass is 16.5. The van der Waals surface area contributed by atoms with Crippen LogP contribution in [0.2, 0.25) is 0 Å². The van der Waals surface area contributed by atoms with Gasteiger partial charge in [0.25, 0.3) is 0 Å². The zero-order chi connectivity index (χ0) is 14.5. The predicted octanol–water partition coefficient (Wildman–Crippen LogP) is 2.07. The highest BCUT2D eigenvalue weighted by molar-refractivity contribution is 5.92. The second kappa shape index (κ2) is 6.83. The van der Waals surface area contributed by atoms with E-state index in [0.29, 0.717) is 0 Å². The Morgan fingerprint density at radius 2 is 1.90 bits per heavy atom. The van der Waals surface area contributed by atoms with Crippen LogP contribution in [-0.4, -0.2) is 54.5 Å². The lowest BCUT2D eigenvalue weighted by Crippen LogP contribution is -2.37. The zero-order valence-electron chi connectivity index (χ0n) is 12.5. The molecule has 0 saturated carbocycles. The van der Waals surface area contributed by atoms with Crippen molar-refractivity contribution in [2.45, 2.75) is 13.3 Å². The van der Waals surface area contributed by atoms with Gasteiger partial charge in [0, 0.05) is 30.4 Å². The van der Waals surface area contributed by atoms with E-state index in [4.69, 9.17) is 4.74 Å². The molecule has 0 unspecified atom stereocenters. The Morgan fingerprint density at radius 1 is 1.14 bits per heavy atom. The van der Waals surface area contributed by atoms with E-state index in [1.54, 1.807) is 0 Å². The summed E-state index contributed by atoms with van der Waals surface area (Å²) in [5.74, 6) is 0.887. The molecule has 0 aliphatic carbocycles. The summed E-state index contributed by atoms with van der Waals surface area (Å²) < 4.78 is 5.36. The van der Waals surface area contributed by atoms with Crippen molar-refractivity contribution in [1.29, 1.82) is 0 Å². The third kappa shape index (κ3) is 3.49. The Kier molecular flexibility index (Phi) is 4.62. The first kappa shape index (κ1) is 14.2. The lowest BCUT2D eigenvalue weighted by atomic mass is 10.1. The average molecular weight is 286 g/mol. The fourth-order valence-electron chi connectivity index (χ4n) is 2.70. The molecule has 112 valence electrons. The molecule has 1 aliphatic rings. The summed E-state index contributed by atoms with van der Waals surface area (Å²) in [4.78, 5) is 2.45. The summed E-state index contributed by atoms with van der Waals surface area (Å²) in [7, 11) is 0. The minimum atomic E-state index is 0.863. The van der Waals surface area contributed by atoms with E-state index in [1.165, 1.54) is 5.39 Å². The number of morpholine rings is 1. The maximum absolute atomic E-state index is 5.36. The summed E-state index contributed by atoms with van der Waals surface area (Å²) in [5, 5.41) is 14.3. The van der Waals surface area contributed by atoms with Crippen LogP contribution in [0.15, 0.2) is 24.3 Å². The molecule has 21 heavy (non-hydrogen) atoms. The van der Waals surface area contributed by atoms with Crippen molar-refractivity contribution in [3.63, 3.8) is 0 Å². The molecule has 1 fully saturated rings. The van der Waals surface area contributed by atoms with Crippen molar-refractivity contribution < 1.29 is 4.74 Å². The highest BCUT2D eigenvalue weighted by Crippen LogP contribution is 2.22. The van der Waals surface area contributed by atoms with Gasteiger partial charge in [-0.1, -0.05) is 24.3 Å². The number of benzene rings is 1. The van der Waals surface area contributed by atoms with E-state index in [0.717, 1.165) is 62.7 Å². The van der Waals surface area contributed by atoms with Gasteiger partial charge in [0.05, 0.1) is 18.9 Å². The van der Waals surface area contributed by atoms with E-state index in [9.17, 15) is 0 Å². The van der Waals surface area contributed by atoms with Gasteiger partial charge < -0.3 is 10.1 Å². The summed E-state index contributed by atoms with van der Waals surface area (Å²) in [6, 6.07) is 8.28. The van der Waals surface area contributed by atoms with E-state index < -0.39 is 0 Å². The summed E-state index contributed by atoms with van der Waals surface area (Å²) >= 11 is 0. The SMILES string of the molecule is Cc1nnc(NCCCN2CCOCC2)c2ccccc12. The van der Waals surface area contributed by atoms with Gasteiger partial charge in [-0.15, -0.1) is 5.10 Å². The van der Waals surface area contributed by atoms with Crippen molar-refractivity contribution in [3.8, 4) is 0 Å². The van der Waals surface area contributed by atoms with Crippen LogP contribution in [-0.2, 0) is 4.74 Å². The maximum atomic E-state index is 5.36. The average Bonchev–Trinajstić information content (AvgIpc) is 2.55. The van der Waals surface area contributed by atoms with Crippen LogP contribution in [0.5, 0.6) is 0 Å². The number of aryl methyl sites for hydroxylation is 1. The Bertz CT molecular complexity index is 596. The first-order valence-electron chi connectivity index (χ1n) is 7.60. The number of fused-ring (bicyclic) bond motifs is 1. The Morgan fingerprint density at radius 3 is 2.71 bits per heavy atom. The molecule has 3 rings (SSSR count). The van der Waals surface area contributed by atoms with Gasteiger partial charge in [-0.25, -0.2) is 0 Å². The molecule has 1 aromatic carbocycles. The van der Waals surface area contributed by atoms with Crippen molar-refractivity contribution in [1.82, 2.24) is 15.1 Å². The van der Waals surface area contributed by atoms with Gasteiger partial charge >= 0.3 is 0 Å². The van der Waals surface area contributed by atoms with Gasteiger partial charge in [-0.2, -0.15) is 5.10 Å². The molecule has 5 nitrogen and oxygen atoms in total. The fraction of sp³-hybridized carbons (Fsp3) is 0.500. The van der Waals surface area contributed by atoms with Gasteiger partial charge in [-0.05, 0) is 19.9 Å². The van der Waals surface area contributed by atoms with Crippen molar-refractivity contribution in [3.05, 3.63) is 30.0 Å². The standard InChI is InChI=1S/C16H22N4O/c1-13-14-5-2-3-6-15(14)16(19-18-13)17-7-4-8-20-9-11-21-12-10-20/h2-3,5-6H,4,7-12H2,1H3,(H,17,19). The van der Waals surface area contributed by atoms with Gasteiger partial charge in [0.15, 0.2) is 5.82 Å². The molecule has 1 saturated heterocycles. The van der Waals surface area contributed by atoms with E-state index in [2.05, 4.69) is 32.5 Å². The molecule has 0 atom stereocenters. The first-order valence-corrected chi connectivity index (χ1v) is 7.60. The molecule has 0 amide bonds. The number of nitrogens with one attached hydrogen (secondary N) is 1. The van der Waals surface area contributed by atoms with Crippen LogP contribution in [0.1, 0.15) is 12.1 Å². The minimum absolute atomic E-state index is 0.863. The number of ether oxygens (including phenoxy) is 1. The van der Waals surface area contributed by atoms with Crippen LogP contribution in [0.3, 0.4) is 0 Å². The Balaban J connectivity index is 1.57. The lowest BCUT2D eigenvalue weighted by molar-refractivity contribution is 0.0378.